The first-order valence-corrected chi connectivity index (χ1v) is 4.72. The zero-order valence-corrected chi connectivity index (χ0v) is 8.84. The zero-order chi connectivity index (χ0) is 12.1. The van der Waals surface area contributed by atoms with E-state index in [4.69, 9.17) is 15.9 Å². The highest BCUT2D eigenvalue weighted by Crippen LogP contribution is 2.26. The quantitative estimate of drug-likeness (QED) is 0.342. The van der Waals surface area contributed by atoms with Crippen LogP contribution in [0.15, 0.2) is 24.3 Å². The smallest absolute Gasteiger partial charge is 0.310 e. The normalized spacial score (nSPS) is 11.8. The average Bonchev–Trinajstić information content (AvgIpc) is 2.25. The topological polar surface area (TPSA) is 102 Å². The Balaban J connectivity index is 2.74. The number of nitrogens with two attached hydrogens (primary N) is 1. The van der Waals surface area contributed by atoms with Gasteiger partial charge in [-0.1, -0.05) is 19.1 Å². The number of nitro benzene ring substituents is 1. The molecule has 86 valence electrons. The molecule has 0 spiro atoms. The Morgan fingerprint density at radius 1 is 1.62 bits per heavy atom. The van der Waals surface area contributed by atoms with Crippen molar-refractivity contribution >= 4 is 11.5 Å². The predicted molar refractivity (Wildman–Crippen MR) is 59.7 cm³/mol. The third kappa shape index (κ3) is 2.94. The van der Waals surface area contributed by atoms with Crippen LogP contribution < -0.4 is 10.5 Å². The number of rotatable bonds is 5. The molecule has 3 N–H and O–H groups in total. The second-order valence-electron chi connectivity index (χ2n) is 3.39. The van der Waals surface area contributed by atoms with Crippen LogP contribution in [0.5, 0.6) is 5.75 Å². The molecule has 0 heterocycles. The van der Waals surface area contributed by atoms with Crippen molar-refractivity contribution in [2.24, 2.45) is 11.7 Å². The summed E-state index contributed by atoms with van der Waals surface area (Å²) in [6.45, 7) is 1.87. The summed E-state index contributed by atoms with van der Waals surface area (Å²) in [7, 11) is 0. The van der Waals surface area contributed by atoms with Crippen molar-refractivity contribution in [3.05, 3.63) is 34.4 Å². The first kappa shape index (κ1) is 12.0. The lowest BCUT2D eigenvalue weighted by Crippen LogP contribution is -2.25. The second-order valence-corrected chi connectivity index (χ2v) is 3.39. The lowest BCUT2D eigenvalue weighted by molar-refractivity contribution is -0.385. The zero-order valence-electron chi connectivity index (χ0n) is 8.84. The van der Waals surface area contributed by atoms with Crippen LogP contribution in [-0.2, 0) is 0 Å². The highest BCUT2D eigenvalue weighted by atomic mass is 16.6. The van der Waals surface area contributed by atoms with Crippen LogP contribution in [0.1, 0.15) is 6.92 Å². The molecule has 0 aliphatic heterocycles. The number of benzene rings is 1. The summed E-state index contributed by atoms with van der Waals surface area (Å²) in [6.07, 6.45) is 0. The van der Waals surface area contributed by atoms with Crippen molar-refractivity contribution in [2.45, 2.75) is 6.92 Å². The predicted octanol–water partition coefficient (Wildman–Crippen LogP) is 1.55. The Hall–Kier alpha value is -2.11. The van der Waals surface area contributed by atoms with Crippen molar-refractivity contribution in [2.75, 3.05) is 6.61 Å². The Kier molecular flexibility index (Phi) is 3.82. The van der Waals surface area contributed by atoms with Gasteiger partial charge in [0.05, 0.1) is 17.4 Å². The third-order valence-electron chi connectivity index (χ3n) is 2.08. The van der Waals surface area contributed by atoms with Crippen LogP contribution in [-0.4, -0.2) is 17.4 Å². The molecule has 1 atom stereocenters. The summed E-state index contributed by atoms with van der Waals surface area (Å²) >= 11 is 0. The van der Waals surface area contributed by atoms with Crippen LogP contribution in [0, 0.1) is 21.4 Å². The summed E-state index contributed by atoms with van der Waals surface area (Å²) in [5, 5.41) is 17.8. The lowest BCUT2D eigenvalue weighted by Gasteiger charge is -2.11. The number of amidine groups is 1. The van der Waals surface area contributed by atoms with Crippen molar-refractivity contribution in [1.82, 2.24) is 0 Å². The molecule has 6 nitrogen and oxygen atoms in total. The second kappa shape index (κ2) is 5.11. The molecule has 0 radical (unpaired) electrons. The fourth-order valence-electron chi connectivity index (χ4n) is 1.03. The van der Waals surface area contributed by atoms with Crippen LogP contribution in [0.4, 0.5) is 5.69 Å². The fraction of sp³-hybridized carbons (Fsp3) is 0.300. The SMILES string of the molecule is CC(COc1ccccc1[N+](=O)[O-])C(=N)N. The molecule has 16 heavy (non-hydrogen) atoms. The van der Waals surface area contributed by atoms with Gasteiger partial charge in [-0.05, 0) is 6.07 Å². The van der Waals surface area contributed by atoms with E-state index in [2.05, 4.69) is 0 Å². The van der Waals surface area contributed by atoms with Gasteiger partial charge in [-0.2, -0.15) is 0 Å². The first-order chi connectivity index (χ1) is 7.52. The van der Waals surface area contributed by atoms with Crippen molar-refractivity contribution in [1.29, 1.82) is 5.41 Å². The molecule has 0 saturated heterocycles. The molecular formula is C10H13N3O3. The molecule has 0 aromatic heterocycles. The van der Waals surface area contributed by atoms with Gasteiger partial charge in [0.1, 0.15) is 0 Å². The number of nitro groups is 1. The molecule has 0 amide bonds. The van der Waals surface area contributed by atoms with E-state index >= 15 is 0 Å². The van der Waals surface area contributed by atoms with Gasteiger partial charge < -0.3 is 10.5 Å². The monoisotopic (exact) mass is 223 g/mol. The molecule has 0 bridgehead atoms. The molecule has 0 fully saturated rings. The summed E-state index contributed by atoms with van der Waals surface area (Å²) in [5.74, 6) is -0.0704. The molecule has 1 rings (SSSR count). The van der Waals surface area contributed by atoms with Gasteiger partial charge >= 0.3 is 5.69 Å². The highest BCUT2D eigenvalue weighted by Gasteiger charge is 2.15. The first-order valence-electron chi connectivity index (χ1n) is 4.72. The van der Waals surface area contributed by atoms with Gasteiger partial charge in [-0.15, -0.1) is 0 Å². The van der Waals surface area contributed by atoms with Gasteiger partial charge in [0.15, 0.2) is 5.75 Å². The Bertz CT molecular complexity index is 406. The van der Waals surface area contributed by atoms with Crippen LogP contribution in [0.25, 0.3) is 0 Å². The van der Waals surface area contributed by atoms with E-state index in [9.17, 15) is 10.1 Å². The van der Waals surface area contributed by atoms with E-state index in [1.54, 1.807) is 19.1 Å². The van der Waals surface area contributed by atoms with Crippen LogP contribution >= 0.6 is 0 Å². The van der Waals surface area contributed by atoms with E-state index in [-0.39, 0.29) is 29.8 Å². The van der Waals surface area contributed by atoms with E-state index in [0.29, 0.717) is 0 Å². The fourth-order valence-corrected chi connectivity index (χ4v) is 1.03. The average molecular weight is 223 g/mol. The van der Waals surface area contributed by atoms with Gasteiger partial charge in [-0.25, -0.2) is 0 Å². The number of hydrogen-bond donors (Lipinski definition) is 2. The Labute approximate surface area is 92.7 Å². The van der Waals surface area contributed by atoms with Crippen molar-refractivity contribution < 1.29 is 9.66 Å². The highest BCUT2D eigenvalue weighted by molar-refractivity contribution is 5.79. The number of ether oxygens (including phenoxy) is 1. The molecule has 1 aromatic rings. The van der Waals surface area contributed by atoms with E-state index in [1.807, 2.05) is 0 Å². The van der Waals surface area contributed by atoms with Crippen LogP contribution in [0.3, 0.4) is 0 Å². The number of nitrogens with one attached hydrogen (secondary N) is 1. The largest absolute Gasteiger partial charge is 0.486 e. The maximum Gasteiger partial charge on any atom is 0.310 e. The standard InChI is InChI=1S/C10H13N3O3/c1-7(10(11)12)6-16-9-5-3-2-4-8(9)13(14)15/h2-5,7H,6H2,1H3,(H3,11,12). The number of para-hydroxylation sites is 2. The lowest BCUT2D eigenvalue weighted by atomic mass is 10.2. The number of nitrogens with zero attached hydrogens (tertiary/aromatic N) is 1. The Morgan fingerprint density at radius 2 is 2.25 bits per heavy atom. The maximum atomic E-state index is 10.7. The van der Waals surface area contributed by atoms with Crippen LogP contribution in [0.2, 0.25) is 0 Å². The minimum absolute atomic E-state index is 0.00131. The summed E-state index contributed by atoms with van der Waals surface area (Å²) < 4.78 is 5.26. The summed E-state index contributed by atoms with van der Waals surface area (Å²) in [6, 6.07) is 6.11. The molecule has 0 aliphatic rings. The minimum atomic E-state index is -0.506. The van der Waals surface area contributed by atoms with Gasteiger partial charge in [0.2, 0.25) is 0 Å². The van der Waals surface area contributed by atoms with E-state index in [1.165, 1.54) is 12.1 Å². The summed E-state index contributed by atoms with van der Waals surface area (Å²) in [5.41, 5.74) is 5.18. The van der Waals surface area contributed by atoms with Gasteiger partial charge in [0.25, 0.3) is 0 Å². The van der Waals surface area contributed by atoms with Crippen molar-refractivity contribution in [3.8, 4) is 5.75 Å². The number of hydrogen-bond acceptors (Lipinski definition) is 4. The van der Waals surface area contributed by atoms with E-state index < -0.39 is 4.92 Å². The van der Waals surface area contributed by atoms with Gasteiger partial charge in [0, 0.05) is 12.0 Å². The maximum absolute atomic E-state index is 10.7. The minimum Gasteiger partial charge on any atom is -0.486 e. The molecule has 1 unspecified atom stereocenters. The molecule has 1 aromatic carbocycles. The molecule has 6 heteroatoms. The molecule has 0 saturated carbocycles. The van der Waals surface area contributed by atoms with Crippen molar-refractivity contribution in [3.63, 3.8) is 0 Å². The Morgan fingerprint density at radius 3 is 2.81 bits per heavy atom. The molecular weight excluding hydrogens is 210 g/mol. The third-order valence-corrected chi connectivity index (χ3v) is 2.08. The summed E-state index contributed by atoms with van der Waals surface area (Å²) in [4.78, 5) is 10.2. The molecule has 0 aliphatic carbocycles. The van der Waals surface area contributed by atoms with E-state index in [0.717, 1.165) is 0 Å². The van der Waals surface area contributed by atoms with Gasteiger partial charge in [-0.3, -0.25) is 15.5 Å².